The fraction of sp³-hybridized carbons (Fsp3) is 0.300. The van der Waals surface area contributed by atoms with Crippen molar-refractivity contribution in [2.24, 2.45) is 5.10 Å². The Labute approximate surface area is 232 Å². The Kier molecular flexibility index (Phi) is 9.34. The van der Waals surface area contributed by atoms with Gasteiger partial charge in [0.1, 0.15) is 18.1 Å². The summed E-state index contributed by atoms with van der Waals surface area (Å²) >= 11 is 0. The van der Waals surface area contributed by atoms with E-state index in [0.29, 0.717) is 29.4 Å². The second-order valence-electron chi connectivity index (χ2n) is 9.05. The number of hydrogen-bond donors (Lipinski definition) is 0. The summed E-state index contributed by atoms with van der Waals surface area (Å²) in [4.78, 5) is 28.3. The smallest absolute Gasteiger partial charge is 0.262 e. The van der Waals surface area contributed by atoms with Gasteiger partial charge in [-0.25, -0.2) is 9.40 Å². The molecule has 9 nitrogen and oxygen atoms in total. The van der Waals surface area contributed by atoms with E-state index < -0.39 is 23.7 Å². The van der Waals surface area contributed by atoms with Crippen LogP contribution in [0, 0.1) is 5.82 Å². The summed E-state index contributed by atoms with van der Waals surface area (Å²) in [5, 5.41) is 6.08. The first-order chi connectivity index (χ1) is 19.4. The Balaban J connectivity index is 1.68. The van der Waals surface area contributed by atoms with Crippen LogP contribution in [0.25, 0.3) is 0 Å². The van der Waals surface area contributed by atoms with E-state index in [9.17, 15) is 14.0 Å². The summed E-state index contributed by atoms with van der Waals surface area (Å²) in [5.41, 5.74) is 2.19. The number of nitrogens with zero attached hydrogens (tertiary/aromatic N) is 3. The van der Waals surface area contributed by atoms with E-state index in [2.05, 4.69) is 0 Å². The van der Waals surface area contributed by atoms with Crippen molar-refractivity contribution in [3.63, 3.8) is 0 Å². The zero-order valence-corrected chi connectivity index (χ0v) is 22.9. The van der Waals surface area contributed by atoms with E-state index in [1.54, 1.807) is 33.5 Å². The Morgan fingerprint density at radius 2 is 1.68 bits per heavy atom. The van der Waals surface area contributed by atoms with Gasteiger partial charge >= 0.3 is 0 Å². The lowest BCUT2D eigenvalue weighted by molar-refractivity contribution is -0.133. The van der Waals surface area contributed by atoms with Gasteiger partial charge in [0, 0.05) is 20.1 Å². The molecule has 0 unspecified atom stereocenters. The molecule has 40 heavy (non-hydrogen) atoms. The van der Waals surface area contributed by atoms with Crippen LogP contribution in [-0.2, 0) is 9.53 Å². The zero-order chi connectivity index (χ0) is 28.6. The number of rotatable bonds is 11. The molecule has 3 aromatic carbocycles. The topological polar surface area (TPSA) is 89.9 Å². The summed E-state index contributed by atoms with van der Waals surface area (Å²) < 4.78 is 35.7. The van der Waals surface area contributed by atoms with Crippen molar-refractivity contribution < 1.29 is 32.9 Å². The largest absolute Gasteiger partial charge is 0.497 e. The molecule has 0 bridgehead atoms. The summed E-state index contributed by atoms with van der Waals surface area (Å²) in [7, 11) is 6.18. The fourth-order valence-corrected chi connectivity index (χ4v) is 4.51. The van der Waals surface area contributed by atoms with Crippen LogP contribution in [-0.4, -0.2) is 75.6 Å². The number of carbonyl (C=O) groups excluding carboxylic acids is 2. The van der Waals surface area contributed by atoms with Crippen LogP contribution in [0.1, 0.15) is 33.9 Å². The lowest BCUT2D eigenvalue weighted by atomic mass is 9.98. The highest BCUT2D eigenvalue weighted by Crippen LogP contribution is 2.37. The molecule has 3 aromatic rings. The molecule has 4 rings (SSSR count). The standard InChI is InChI=1S/C30H32FN3O6/c1-37-16-15-33(30(36)23-7-5-6-8-24(23)31)19-29(35)34-26(21-11-14-27(39-3)28(17-21)40-4)18-25(32-34)20-9-12-22(38-2)13-10-20/h5-14,17,26H,15-16,18-19H2,1-4H3/t26-/m1/s1. The quantitative estimate of drug-likeness (QED) is 0.354. The number of carbonyl (C=O) groups is 2. The van der Waals surface area contributed by atoms with Crippen molar-refractivity contribution in [3.8, 4) is 17.2 Å². The van der Waals surface area contributed by atoms with Crippen LogP contribution in [0.4, 0.5) is 4.39 Å². The molecule has 0 fully saturated rings. The number of ether oxygens (including phenoxy) is 4. The normalized spacial score (nSPS) is 14.5. The third-order valence-electron chi connectivity index (χ3n) is 6.66. The van der Waals surface area contributed by atoms with Crippen LogP contribution in [0.2, 0.25) is 0 Å². The third-order valence-corrected chi connectivity index (χ3v) is 6.66. The Morgan fingerprint density at radius 1 is 0.950 bits per heavy atom. The molecule has 0 saturated heterocycles. The molecule has 0 aromatic heterocycles. The van der Waals surface area contributed by atoms with Gasteiger partial charge in [0.15, 0.2) is 11.5 Å². The molecule has 0 saturated carbocycles. The monoisotopic (exact) mass is 549 g/mol. The van der Waals surface area contributed by atoms with Gasteiger partial charge in [-0.2, -0.15) is 5.10 Å². The molecule has 2 amide bonds. The van der Waals surface area contributed by atoms with Gasteiger partial charge in [-0.1, -0.05) is 18.2 Å². The molecule has 1 heterocycles. The van der Waals surface area contributed by atoms with Crippen LogP contribution >= 0.6 is 0 Å². The van der Waals surface area contributed by atoms with Gasteiger partial charge in [-0.3, -0.25) is 9.59 Å². The van der Waals surface area contributed by atoms with Crippen molar-refractivity contribution in [3.05, 3.63) is 89.2 Å². The highest BCUT2D eigenvalue weighted by molar-refractivity contribution is 6.04. The summed E-state index contributed by atoms with van der Waals surface area (Å²) in [6.07, 6.45) is 0.423. The molecular formula is C30H32FN3O6. The van der Waals surface area contributed by atoms with Crippen molar-refractivity contribution in [2.45, 2.75) is 12.5 Å². The van der Waals surface area contributed by atoms with Gasteiger partial charge in [0.05, 0.1) is 45.3 Å². The predicted octanol–water partition coefficient (Wildman–Crippen LogP) is 4.32. The maximum absolute atomic E-state index is 14.4. The maximum atomic E-state index is 14.4. The lowest BCUT2D eigenvalue weighted by Crippen LogP contribution is -2.43. The summed E-state index contributed by atoms with van der Waals surface area (Å²) in [5.74, 6) is 0.0777. The molecule has 210 valence electrons. The van der Waals surface area contributed by atoms with E-state index in [1.165, 1.54) is 35.2 Å². The molecular weight excluding hydrogens is 517 g/mol. The summed E-state index contributed by atoms with van der Waals surface area (Å²) in [6.45, 7) is -0.0496. The number of amides is 2. The molecule has 0 aliphatic carbocycles. The first kappa shape index (κ1) is 28.6. The minimum Gasteiger partial charge on any atom is -0.497 e. The number of halogens is 1. The minimum atomic E-state index is -0.661. The number of benzene rings is 3. The number of hydrogen-bond acceptors (Lipinski definition) is 7. The Bertz CT molecular complexity index is 1380. The molecule has 1 aliphatic heterocycles. The molecule has 0 radical (unpaired) electrons. The second-order valence-corrected chi connectivity index (χ2v) is 9.05. The number of hydrazone groups is 1. The highest BCUT2D eigenvalue weighted by Gasteiger charge is 2.35. The Hall–Kier alpha value is -4.44. The second kappa shape index (κ2) is 13.1. The van der Waals surface area contributed by atoms with E-state index in [-0.39, 0.29) is 25.3 Å². The average molecular weight is 550 g/mol. The average Bonchev–Trinajstić information content (AvgIpc) is 3.44. The van der Waals surface area contributed by atoms with Crippen LogP contribution in [0.15, 0.2) is 71.8 Å². The number of methoxy groups -OCH3 is 4. The third kappa shape index (κ3) is 6.23. The van der Waals surface area contributed by atoms with Gasteiger partial charge < -0.3 is 23.8 Å². The minimum absolute atomic E-state index is 0.0966. The van der Waals surface area contributed by atoms with E-state index in [0.717, 1.165) is 11.1 Å². The van der Waals surface area contributed by atoms with Crippen molar-refractivity contribution in [2.75, 3.05) is 48.1 Å². The van der Waals surface area contributed by atoms with Gasteiger partial charge in [-0.05, 0) is 59.7 Å². The fourth-order valence-electron chi connectivity index (χ4n) is 4.51. The SMILES string of the molecule is COCCN(CC(=O)N1N=C(c2ccc(OC)cc2)C[C@@H]1c1ccc(OC)c(OC)c1)C(=O)c1ccccc1F. The van der Waals surface area contributed by atoms with Crippen LogP contribution in [0.3, 0.4) is 0 Å². The van der Waals surface area contributed by atoms with Crippen molar-refractivity contribution >= 4 is 17.5 Å². The van der Waals surface area contributed by atoms with Crippen molar-refractivity contribution in [1.82, 2.24) is 9.91 Å². The molecule has 10 heteroatoms. The Morgan fingerprint density at radius 3 is 2.33 bits per heavy atom. The lowest BCUT2D eigenvalue weighted by Gasteiger charge is -2.27. The highest BCUT2D eigenvalue weighted by atomic mass is 19.1. The van der Waals surface area contributed by atoms with Crippen molar-refractivity contribution in [1.29, 1.82) is 0 Å². The molecule has 1 atom stereocenters. The van der Waals surface area contributed by atoms with E-state index in [4.69, 9.17) is 24.0 Å². The van der Waals surface area contributed by atoms with E-state index in [1.807, 2.05) is 36.4 Å². The molecule has 0 spiro atoms. The first-order valence-corrected chi connectivity index (χ1v) is 12.7. The zero-order valence-electron chi connectivity index (χ0n) is 22.9. The molecule has 1 aliphatic rings. The maximum Gasteiger partial charge on any atom is 0.262 e. The summed E-state index contributed by atoms with van der Waals surface area (Å²) in [6, 6.07) is 18.1. The van der Waals surface area contributed by atoms with Gasteiger partial charge in [0.2, 0.25) is 0 Å². The predicted molar refractivity (Wildman–Crippen MR) is 147 cm³/mol. The molecule has 0 N–H and O–H groups in total. The van der Waals surface area contributed by atoms with Gasteiger partial charge in [-0.15, -0.1) is 0 Å². The van der Waals surface area contributed by atoms with Crippen LogP contribution < -0.4 is 14.2 Å². The van der Waals surface area contributed by atoms with E-state index >= 15 is 0 Å². The van der Waals surface area contributed by atoms with Gasteiger partial charge in [0.25, 0.3) is 11.8 Å². The first-order valence-electron chi connectivity index (χ1n) is 12.7. The van der Waals surface area contributed by atoms with Crippen LogP contribution in [0.5, 0.6) is 17.2 Å².